The fraction of sp³-hybridized carbons (Fsp3) is 0.0435. The van der Waals surface area contributed by atoms with Gasteiger partial charge in [0, 0.05) is 5.69 Å². The van der Waals surface area contributed by atoms with Crippen LogP contribution in [0.25, 0.3) is 0 Å². The van der Waals surface area contributed by atoms with Crippen molar-refractivity contribution in [1.82, 2.24) is 5.43 Å². The third-order valence-corrected chi connectivity index (χ3v) is 4.45. The normalized spacial score (nSPS) is 10.5. The van der Waals surface area contributed by atoms with Gasteiger partial charge in [0.1, 0.15) is 17.3 Å². The van der Waals surface area contributed by atoms with Crippen LogP contribution in [0.5, 0.6) is 11.5 Å². The summed E-state index contributed by atoms with van der Waals surface area (Å²) < 4.78 is 23.5. The molecule has 2 N–H and O–H groups in total. The standard InChI is InChI=1S/C23H17ClFN3O5/c1-32-17-8-5-15(6-9-17)23(31)33-18-4-2-3-14(11-18)13-26-28-22(30)21(29)27-16-7-10-20(25)19(24)12-16/h2-13H,1H3,(H,27,29)(H,28,30). The fourth-order valence-electron chi connectivity index (χ4n) is 2.53. The lowest BCUT2D eigenvalue weighted by atomic mass is 10.2. The summed E-state index contributed by atoms with van der Waals surface area (Å²) >= 11 is 5.63. The Morgan fingerprint density at radius 2 is 1.73 bits per heavy atom. The van der Waals surface area contributed by atoms with Crippen molar-refractivity contribution in [2.24, 2.45) is 5.10 Å². The van der Waals surface area contributed by atoms with E-state index in [9.17, 15) is 18.8 Å². The number of methoxy groups -OCH3 is 1. The lowest BCUT2D eigenvalue weighted by Gasteiger charge is -2.06. The van der Waals surface area contributed by atoms with E-state index in [2.05, 4.69) is 15.8 Å². The summed E-state index contributed by atoms with van der Waals surface area (Å²) in [5, 5.41) is 5.78. The van der Waals surface area contributed by atoms with E-state index in [1.54, 1.807) is 42.5 Å². The number of benzene rings is 3. The molecule has 0 saturated carbocycles. The van der Waals surface area contributed by atoms with Gasteiger partial charge in [0.15, 0.2) is 0 Å². The summed E-state index contributed by atoms with van der Waals surface area (Å²) in [6.07, 6.45) is 1.27. The Kier molecular flexibility index (Phi) is 7.72. The van der Waals surface area contributed by atoms with Crippen molar-refractivity contribution in [3.05, 3.63) is 88.7 Å². The Morgan fingerprint density at radius 1 is 0.970 bits per heavy atom. The van der Waals surface area contributed by atoms with E-state index in [1.807, 2.05) is 0 Å². The van der Waals surface area contributed by atoms with Crippen molar-refractivity contribution in [2.75, 3.05) is 12.4 Å². The zero-order valence-electron chi connectivity index (χ0n) is 17.2. The summed E-state index contributed by atoms with van der Waals surface area (Å²) in [7, 11) is 1.52. The number of nitrogens with one attached hydrogen (secondary N) is 2. The number of halogens is 2. The highest BCUT2D eigenvalue weighted by molar-refractivity contribution is 6.39. The first kappa shape index (κ1) is 23.4. The molecule has 0 aliphatic rings. The quantitative estimate of drug-likeness (QED) is 0.188. The molecule has 2 amide bonds. The molecule has 0 aromatic heterocycles. The second kappa shape index (κ2) is 10.9. The first-order valence-electron chi connectivity index (χ1n) is 9.41. The number of carbonyl (C=O) groups is 3. The molecule has 0 unspecified atom stereocenters. The lowest BCUT2D eigenvalue weighted by Crippen LogP contribution is -2.32. The van der Waals surface area contributed by atoms with Gasteiger partial charge < -0.3 is 14.8 Å². The summed E-state index contributed by atoms with van der Waals surface area (Å²) in [6, 6.07) is 16.3. The minimum Gasteiger partial charge on any atom is -0.497 e. The van der Waals surface area contributed by atoms with E-state index in [1.165, 1.54) is 31.5 Å². The van der Waals surface area contributed by atoms with Crippen molar-refractivity contribution in [2.45, 2.75) is 0 Å². The maximum atomic E-state index is 13.2. The minimum atomic E-state index is -1.05. The maximum Gasteiger partial charge on any atom is 0.343 e. The molecule has 0 heterocycles. The van der Waals surface area contributed by atoms with E-state index < -0.39 is 23.6 Å². The van der Waals surface area contributed by atoms with E-state index in [-0.39, 0.29) is 16.5 Å². The molecule has 0 aliphatic heterocycles. The van der Waals surface area contributed by atoms with Crippen LogP contribution in [0.3, 0.4) is 0 Å². The summed E-state index contributed by atoms with van der Waals surface area (Å²) in [5.41, 5.74) is 3.06. The van der Waals surface area contributed by atoms with E-state index in [0.29, 0.717) is 16.9 Å². The van der Waals surface area contributed by atoms with E-state index >= 15 is 0 Å². The number of hydrogen-bond donors (Lipinski definition) is 2. The third kappa shape index (κ3) is 6.62. The smallest absolute Gasteiger partial charge is 0.343 e. The molecular formula is C23H17ClFN3O5. The largest absolute Gasteiger partial charge is 0.497 e. The number of hydrazone groups is 1. The molecule has 3 rings (SSSR count). The molecule has 8 nitrogen and oxygen atoms in total. The highest BCUT2D eigenvalue weighted by Crippen LogP contribution is 2.19. The molecule has 3 aromatic carbocycles. The van der Waals surface area contributed by atoms with Crippen LogP contribution in [0.2, 0.25) is 5.02 Å². The number of rotatable bonds is 6. The molecule has 0 aliphatic carbocycles. The van der Waals surface area contributed by atoms with Crippen LogP contribution in [-0.2, 0) is 9.59 Å². The molecule has 0 saturated heterocycles. The molecule has 3 aromatic rings. The first-order chi connectivity index (χ1) is 15.9. The predicted octanol–water partition coefficient (Wildman–Crippen LogP) is 3.80. The van der Waals surface area contributed by atoms with Gasteiger partial charge in [-0.05, 0) is 60.2 Å². The summed E-state index contributed by atoms with van der Waals surface area (Å²) in [5.74, 6) is -2.40. The van der Waals surface area contributed by atoms with Crippen LogP contribution in [0, 0.1) is 5.82 Å². The minimum absolute atomic E-state index is 0.150. The first-order valence-corrected chi connectivity index (χ1v) is 9.79. The Hall–Kier alpha value is -4.24. The predicted molar refractivity (Wildman–Crippen MR) is 120 cm³/mol. The Morgan fingerprint density at radius 3 is 2.42 bits per heavy atom. The zero-order valence-corrected chi connectivity index (χ0v) is 17.9. The molecule has 0 atom stereocenters. The van der Waals surface area contributed by atoms with Gasteiger partial charge in [-0.2, -0.15) is 5.10 Å². The number of esters is 1. The molecule has 0 fully saturated rings. The Balaban J connectivity index is 1.55. The number of ether oxygens (including phenoxy) is 2. The zero-order chi connectivity index (χ0) is 23.8. The van der Waals surface area contributed by atoms with Crippen LogP contribution in [-0.4, -0.2) is 31.1 Å². The van der Waals surface area contributed by atoms with Crippen molar-refractivity contribution in [3.63, 3.8) is 0 Å². The topological polar surface area (TPSA) is 106 Å². The molecule has 0 bridgehead atoms. The number of amides is 2. The van der Waals surface area contributed by atoms with Crippen LogP contribution < -0.4 is 20.2 Å². The number of anilines is 1. The van der Waals surface area contributed by atoms with Crippen molar-refractivity contribution in [1.29, 1.82) is 0 Å². The summed E-state index contributed by atoms with van der Waals surface area (Å²) in [4.78, 5) is 36.1. The van der Waals surface area contributed by atoms with Crippen LogP contribution >= 0.6 is 11.6 Å². The SMILES string of the molecule is COc1ccc(C(=O)Oc2cccc(C=NNC(=O)C(=O)Nc3ccc(F)c(Cl)c3)c2)cc1. The summed E-state index contributed by atoms with van der Waals surface area (Å²) in [6.45, 7) is 0. The highest BCUT2D eigenvalue weighted by atomic mass is 35.5. The molecular weight excluding hydrogens is 453 g/mol. The average molecular weight is 470 g/mol. The van der Waals surface area contributed by atoms with Gasteiger partial charge in [-0.3, -0.25) is 9.59 Å². The van der Waals surface area contributed by atoms with Gasteiger partial charge in [0.05, 0.1) is 23.9 Å². The van der Waals surface area contributed by atoms with Crippen molar-refractivity contribution >= 4 is 41.3 Å². The molecule has 168 valence electrons. The van der Waals surface area contributed by atoms with Gasteiger partial charge in [-0.1, -0.05) is 23.7 Å². The van der Waals surface area contributed by atoms with Crippen molar-refractivity contribution in [3.8, 4) is 11.5 Å². The molecule has 0 radical (unpaired) electrons. The second-order valence-corrected chi connectivity index (χ2v) is 6.88. The number of hydrogen-bond acceptors (Lipinski definition) is 6. The number of carbonyl (C=O) groups excluding carboxylic acids is 3. The Labute approximate surface area is 193 Å². The van der Waals surface area contributed by atoms with Crippen LogP contribution in [0.4, 0.5) is 10.1 Å². The van der Waals surface area contributed by atoms with Gasteiger partial charge in [-0.25, -0.2) is 14.6 Å². The van der Waals surface area contributed by atoms with Crippen molar-refractivity contribution < 1.29 is 28.2 Å². The molecule has 10 heteroatoms. The van der Waals surface area contributed by atoms with Gasteiger partial charge in [0.2, 0.25) is 0 Å². The van der Waals surface area contributed by atoms with E-state index in [0.717, 1.165) is 6.07 Å². The van der Waals surface area contributed by atoms with E-state index in [4.69, 9.17) is 21.1 Å². The second-order valence-electron chi connectivity index (χ2n) is 6.47. The average Bonchev–Trinajstić information content (AvgIpc) is 2.81. The number of nitrogens with zero attached hydrogens (tertiary/aromatic N) is 1. The lowest BCUT2D eigenvalue weighted by molar-refractivity contribution is -0.136. The highest BCUT2D eigenvalue weighted by Gasteiger charge is 2.14. The van der Waals surface area contributed by atoms with Gasteiger partial charge in [-0.15, -0.1) is 0 Å². The Bertz CT molecular complexity index is 1210. The monoisotopic (exact) mass is 469 g/mol. The molecule has 33 heavy (non-hydrogen) atoms. The van der Waals surface area contributed by atoms with Gasteiger partial charge >= 0.3 is 17.8 Å². The fourth-order valence-corrected chi connectivity index (χ4v) is 2.71. The molecule has 0 spiro atoms. The van der Waals surface area contributed by atoms with Crippen LogP contribution in [0.15, 0.2) is 71.8 Å². The third-order valence-electron chi connectivity index (χ3n) is 4.16. The van der Waals surface area contributed by atoms with Crippen LogP contribution in [0.1, 0.15) is 15.9 Å². The maximum absolute atomic E-state index is 13.2. The van der Waals surface area contributed by atoms with Gasteiger partial charge in [0.25, 0.3) is 0 Å².